The van der Waals surface area contributed by atoms with Gasteiger partial charge < -0.3 is 19.3 Å². The van der Waals surface area contributed by atoms with Gasteiger partial charge >= 0.3 is 0 Å². The SMILES string of the molecule is COC1=C(OC)C(=O)C(CCC2=CC=C(CCC(=O)N3CCC(N4CCCCC4)CC3)CC2)=C(C)C1=O. The number of methoxy groups -OCH3 is 2. The molecule has 7 heteroatoms. The van der Waals surface area contributed by atoms with Gasteiger partial charge in [-0.05, 0) is 77.8 Å². The van der Waals surface area contributed by atoms with Crippen LogP contribution in [-0.4, -0.2) is 73.7 Å². The van der Waals surface area contributed by atoms with Gasteiger partial charge in [-0.3, -0.25) is 14.4 Å². The van der Waals surface area contributed by atoms with Gasteiger partial charge in [0.1, 0.15) is 0 Å². The smallest absolute Gasteiger partial charge is 0.228 e. The molecule has 0 unspecified atom stereocenters. The van der Waals surface area contributed by atoms with Crippen LogP contribution >= 0.6 is 0 Å². The van der Waals surface area contributed by atoms with E-state index in [2.05, 4.69) is 22.0 Å². The maximum absolute atomic E-state index is 12.8. The molecule has 7 nitrogen and oxygen atoms in total. The first-order valence-electron chi connectivity index (χ1n) is 13.9. The Labute approximate surface area is 221 Å². The van der Waals surface area contributed by atoms with Gasteiger partial charge in [-0.25, -0.2) is 0 Å². The molecule has 2 aliphatic carbocycles. The Hall–Kier alpha value is -2.67. The molecule has 1 amide bonds. The second-order valence-electron chi connectivity index (χ2n) is 10.7. The van der Waals surface area contributed by atoms with Crippen molar-refractivity contribution in [2.75, 3.05) is 40.4 Å². The fraction of sp³-hybridized carbons (Fsp3) is 0.633. The van der Waals surface area contributed by atoms with Crippen molar-refractivity contribution in [2.45, 2.75) is 83.6 Å². The standard InChI is InChI=1S/C30H42N2O5/c1-21-25(28(35)30(37-3)29(36-2)27(21)34)13-11-22-7-9-23(10-8-22)12-14-26(33)32-19-15-24(16-20-32)31-17-5-4-6-18-31/h7,9,24H,4-6,8,10-20H2,1-3H3. The minimum atomic E-state index is -0.283. The molecule has 0 spiro atoms. The van der Waals surface area contributed by atoms with Crippen LogP contribution in [0.2, 0.25) is 0 Å². The lowest BCUT2D eigenvalue weighted by Crippen LogP contribution is -2.48. The quantitative estimate of drug-likeness (QED) is 0.421. The molecule has 4 rings (SSSR count). The molecule has 2 saturated heterocycles. The molecule has 0 N–H and O–H groups in total. The van der Waals surface area contributed by atoms with Crippen molar-refractivity contribution in [3.63, 3.8) is 0 Å². The Kier molecular flexibility index (Phi) is 9.41. The van der Waals surface area contributed by atoms with Crippen LogP contribution < -0.4 is 0 Å². The van der Waals surface area contributed by atoms with Gasteiger partial charge in [-0.1, -0.05) is 29.7 Å². The Bertz CT molecular complexity index is 1020. The Morgan fingerprint density at radius 3 is 2.03 bits per heavy atom. The van der Waals surface area contributed by atoms with Gasteiger partial charge in [0.25, 0.3) is 0 Å². The van der Waals surface area contributed by atoms with Crippen molar-refractivity contribution < 1.29 is 23.9 Å². The van der Waals surface area contributed by atoms with Crippen LogP contribution in [-0.2, 0) is 23.9 Å². The fourth-order valence-corrected chi connectivity index (χ4v) is 6.11. The summed E-state index contributed by atoms with van der Waals surface area (Å²) >= 11 is 0. The van der Waals surface area contributed by atoms with E-state index in [1.165, 1.54) is 57.7 Å². The lowest BCUT2D eigenvalue weighted by Gasteiger charge is -2.40. The van der Waals surface area contributed by atoms with Crippen LogP contribution in [0, 0.1) is 0 Å². The average molecular weight is 511 g/mol. The highest BCUT2D eigenvalue weighted by Crippen LogP contribution is 2.32. The number of Topliss-reactive ketones (excluding diaryl/α,β-unsaturated/α-hetero) is 2. The van der Waals surface area contributed by atoms with Crippen LogP contribution in [0.5, 0.6) is 0 Å². The first-order valence-corrected chi connectivity index (χ1v) is 13.9. The second-order valence-corrected chi connectivity index (χ2v) is 10.7. The van der Waals surface area contributed by atoms with Crippen molar-refractivity contribution in [3.8, 4) is 0 Å². The van der Waals surface area contributed by atoms with E-state index in [0.717, 1.165) is 51.6 Å². The maximum atomic E-state index is 12.8. The first kappa shape index (κ1) is 27.4. The summed E-state index contributed by atoms with van der Waals surface area (Å²) in [7, 11) is 2.76. The molecule has 0 aromatic heterocycles. The maximum Gasteiger partial charge on any atom is 0.228 e. The van der Waals surface area contributed by atoms with E-state index in [9.17, 15) is 14.4 Å². The number of hydrogen-bond acceptors (Lipinski definition) is 6. The molecule has 0 saturated carbocycles. The largest absolute Gasteiger partial charge is 0.489 e. The number of ketones is 2. The van der Waals surface area contributed by atoms with E-state index in [1.807, 2.05) is 0 Å². The molecule has 0 bridgehead atoms. The Morgan fingerprint density at radius 1 is 0.838 bits per heavy atom. The summed E-state index contributed by atoms with van der Waals surface area (Å²) in [6.07, 6.45) is 15.0. The van der Waals surface area contributed by atoms with E-state index in [-0.39, 0.29) is 29.0 Å². The molecule has 2 aliphatic heterocycles. The average Bonchev–Trinajstić information content (AvgIpc) is 2.94. The zero-order chi connectivity index (χ0) is 26.4. The van der Waals surface area contributed by atoms with Crippen LogP contribution in [0.3, 0.4) is 0 Å². The zero-order valence-electron chi connectivity index (χ0n) is 22.8. The number of carbonyl (C=O) groups is 3. The third-order valence-electron chi connectivity index (χ3n) is 8.50. The predicted molar refractivity (Wildman–Crippen MR) is 143 cm³/mol. The minimum absolute atomic E-state index is 0.00621. The van der Waals surface area contributed by atoms with Gasteiger partial charge in [0, 0.05) is 36.7 Å². The predicted octanol–water partition coefficient (Wildman–Crippen LogP) is 4.64. The third-order valence-corrected chi connectivity index (χ3v) is 8.50. The normalized spacial score (nSPS) is 22.3. The number of amides is 1. The summed E-state index contributed by atoms with van der Waals surface area (Å²) < 4.78 is 10.3. The van der Waals surface area contributed by atoms with Crippen molar-refractivity contribution in [2.24, 2.45) is 0 Å². The lowest BCUT2D eigenvalue weighted by atomic mass is 9.87. The van der Waals surface area contributed by atoms with E-state index >= 15 is 0 Å². The lowest BCUT2D eigenvalue weighted by molar-refractivity contribution is -0.132. The first-order chi connectivity index (χ1) is 17.9. The Balaban J connectivity index is 1.23. The van der Waals surface area contributed by atoms with Gasteiger partial charge in [-0.2, -0.15) is 0 Å². The molecule has 2 heterocycles. The van der Waals surface area contributed by atoms with Gasteiger partial charge in [0.2, 0.25) is 29.0 Å². The van der Waals surface area contributed by atoms with Gasteiger partial charge in [0.05, 0.1) is 14.2 Å². The molecule has 202 valence electrons. The van der Waals surface area contributed by atoms with Crippen molar-refractivity contribution in [1.29, 1.82) is 0 Å². The summed E-state index contributed by atoms with van der Waals surface area (Å²) in [5.41, 5.74) is 3.52. The monoisotopic (exact) mass is 510 g/mol. The molecule has 2 fully saturated rings. The second kappa shape index (κ2) is 12.7. The summed E-state index contributed by atoms with van der Waals surface area (Å²) in [5.74, 6) is -0.280. The van der Waals surface area contributed by atoms with Crippen molar-refractivity contribution in [3.05, 3.63) is 46.0 Å². The highest BCUT2D eigenvalue weighted by atomic mass is 16.5. The molecular weight excluding hydrogens is 468 g/mol. The summed E-state index contributed by atoms with van der Waals surface area (Å²) in [4.78, 5) is 43.0. The number of likely N-dealkylation sites (tertiary alicyclic amines) is 2. The number of piperidine rings is 2. The van der Waals surface area contributed by atoms with Gasteiger partial charge in [0.15, 0.2) is 0 Å². The Morgan fingerprint density at radius 2 is 1.43 bits per heavy atom. The molecule has 0 atom stereocenters. The topological polar surface area (TPSA) is 76.2 Å². The van der Waals surface area contributed by atoms with Crippen LogP contribution in [0.1, 0.15) is 77.6 Å². The molecule has 0 radical (unpaired) electrons. The number of ether oxygens (including phenoxy) is 2. The fourth-order valence-electron chi connectivity index (χ4n) is 6.11. The molecule has 4 aliphatic rings. The van der Waals surface area contributed by atoms with Crippen LogP contribution in [0.4, 0.5) is 0 Å². The minimum Gasteiger partial charge on any atom is -0.489 e. The van der Waals surface area contributed by atoms with Crippen LogP contribution in [0.25, 0.3) is 0 Å². The molecule has 0 aromatic carbocycles. The number of allylic oxidation sites excluding steroid dienone is 6. The third kappa shape index (κ3) is 6.43. The molecule has 37 heavy (non-hydrogen) atoms. The summed E-state index contributed by atoms with van der Waals surface area (Å²) in [6, 6.07) is 0.662. The van der Waals surface area contributed by atoms with Gasteiger partial charge in [-0.15, -0.1) is 0 Å². The highest BCUT2D eigenvalue weighted by molar-refractivity contribution is 6.23. The number of nitrogens with zero attached hydrogens (tertiary/aromatic N) is 2. The van der Waals surface area contributed by atoms with Crippen molar-refractivity contribution in [1.82, 2.24) is 9.80 Å². The number of hydrogen-bond donors (Lipinski definition) is 0. The van der Waals surface area contributed by atoms with E-state index in [4.69, 9.17) is 9.47 Å². The van der Waals surface area contributed by atoms with Crippen molar-refractivity contribution >= 4 is 17.5 Å². The highest BCUT2D eigenvalue weighted by Gasteiger charge is 2.34. The zero-order valence-corrected chi connectivity index (χ0v) is 22.8. The molecular formula is C30H42N2O5. The van der Waals surface area contributed by atoms with Crippen LogP contribution in [0.15, 0.2) is 46.0 Å². The molecule has 0 aromatic rings. The number of carbonyl (C=O) groups excluding carboxylic acids is 3. The van der Waals surface area contributed by atoms with E-state index < -0.39 is 0 Å². The summed E-state index contributed by atoms with van der Waals surface area (Å²) in [5, 5.41) is 0. The summed E-state index contributed by atoms with van der Waals surface area (Å²) in [6.45, 7) is 5.93. The number of rotatable bonds is 9. The van der Waals surface area contributed by atoms with E-state index in [1.54, 1.807) is 6.92 Å². The van der Waals surface area contributed by atoms with E-state index in [0.29, 0.717) is 30.0 Å².